The molecule has 0 atom stereocenters. The first-order chi connectivity index (χ1) is 7.34. The van der Waals surface area contributed by atoms with E-state index in [1.54, 1.807) is 12.4 Å². The van der Waals surface area contributed by atoms with Gasteiger partial charge in [-0.2, -0.15) is 0 Å². The molecular weight excluding hydrogens is 192 g/mol. The minimum Gasteiger partial charge on any atom is -0.313 e. The summed E-state index contributed by atoms with van der Waals surface area (Å²) >= 11 is 0. The smallest absolute Gasteiger partial charge is 0.226 e. The Balaban J connectivity index is 1.67. The van der Waals surface area contributed by atoms with Crippen LogP contribution in [0.25, 0.3) is 0 Å². The van der Waals surface area contributed by atoms with Crippen molar-refractivity contribution in [3.63, 3.8) is 0 Å². The second kappa shape index (κ2) is 4.84. The van der Waals surface area contributed by atoms with Gasteiger partial charge in [0.15, 0.2) is 5.82 Å². The molecule has 0 radical (unpaired) electrons. The standard InChI is InChI=1S/C10H14N4O/c15-10(3-4-12-8-1-2-8)14-9-7-11-5-6-13-9/h5-8,12H,1-4H2,(H,13,14,15). The number of amides is 1. The Hall–Kier alpha value is -1.49. The van der Waals surface area contributed by atoms with Crippen molar-refractivity contribution in [1.29, 1.82) is 0 Å². The Bertz CT molecular complexity index is 323. The van der Waals surface area contributed by atoms with E-state index in [4.69, 9.17) is 0 Å². The third-order valence-corrected chi connectivity index (χ3v) is 2.19. The Kier molecular flexibility index (Phi) is 3.24. The summed E-state index contributed by atoms with van der Waals surface area (Å²) in [7, 11) is 0. The molecule has 1 saturated carbocycles. The van der Waals surface area contributed by atoms with E-state index in [0.717, 1.165) is 6.54 Å². The zero-order valence-electron chi connectivity index (χ0n) is 8.44. The van der Waals surface area contributed by atoms with Crippen molar-refractivity contribution >= 4 is 11.7 Å². The van der Waals surface area contributed by atoms with Crippen molar-refractivity contribution in [3.8, 4) is 0 Å². The summed E-state index contributed by atoms with van der Waals surface area (Å²) in [6.07, 6.45) is 7.62. The van der Waals surface area contributed by atoms with Crippen molar-refractivity contribution < 1.29 is 4.79 Å². The van der Waals surface area contributed by atoms with E-state index >= 15 is 0 Å². The summed E-state index contributed by atoms with van der Waals surface area (Å²) in [6, 6.07) is 0.648. The number of nitrogens with zero attached hydrogens (tertiary/aromatic N) is 2. The van der Waals surface area contributed by atoms with E-state index < -0.39 is 0 Å². The molecule has 2 rings (SSSR count). The van der Waals surface area contributed by atoms with Crippen LogP contribution in [0.1, 0.15) is 19.3 Å². The average molecular weight is 206 g/mol. The predicted molar refractivity (Wildman–Crippen MR) is 56.3 cm³/mol. The highest BCUT2D eigenvalue weighted by Crippen LogP contribution is 2.18. The molecule has 5 nitrogen and oxygen atoms in total. The fourth-order valence-corrected chi connectivity index (χ4v) is 1.25. The lowest BCUT2D eigenvalue weighted by atomic mass is 10.4. The molecular formula is C10H14N4O. The zero-order chi connectivity index (χ0) is 10.5. The number of hydrogen-bond acceptors (Lipinski definition) is 4. The van der Waals surface area contributed by atoms with Crippen LogP contribution < -0.4 is 10.6 Å². The molecule has 1 aliphatic rings. The zero-order valence-corrected chi connectivity index (χ0v) is 8.44. The average Bonchev–Trinajstić information content (AvgIpc) is 3.03. The predicted octanol–water partition coefficient (Wildman–Crippen LogP) is 0.557. The lowest BCUT2D eigenvalue weighted by Gasteiger charge is -2.04. The van der Waals surface area contributed by atoms with Gasteiger partial charge < -0.3 is 10.6 Å². The van der Waals surface area contributed by atoms with Gasteiger partial charge in [0.05, 0.1) is 6.20 Å². The molecule has 15 heavy (non-hydrogen) atoms. The number of nitrogens with one attached hydrogen (secondary N) is 2. The monoisotopic (exact) mass is 206 g/mol. The van der Waals surface area contributed by atoms with Crippen molar-refractivity contribution in [2.45, 2.75) is 25.3 Å². The first kappa shape index (κ1) is 10.0. The van der Waals surface area contributed by atoms with E-state index in [1.165, 1.54) is 19.0 Å². The molecule has 0 spiro atoms. The van der Waals surface area contributed by atoms with E-state index in [2.05, 4.69) is 20.6 Å². The number of carbonyl (C=O) groups is 1. The quantitative estimate of drug-likeness (QED) is 0.738. The van der Waals surface area contributed by atoms with Crippen molar-refractivity contribution in [2.75, 3.05) is 11.9 Å². The maximum absolute atomic E-state index is 11.4. The molecule has 80 valence electrons. The fraction of sp³-hybridized carbons (Fsp3) is 0.500. The third kappa shape index (κ3) is 3.63. The largest absolute Gasteiger partial charge is 0.313 e. The van der Waals surface area contributed by atoms with Crippen LogP contribution in [0.4, 0.5) is 5.82 Å². The molecule has 1 fully saturated rings. The van der Waals surface area contributed by atoms with E-state index in [0.29, 0.717) is 18.3 Å². The minimum atomic E-state index is -0.0244. The van der Waals surface area contributed by atoms with Gasteiger partial charge in [0.25, 0.3) is 0 Å². The molecule has 0 aliphatic heterocycles. The lowest BCUT2D eigenvalue weighted by molar-refractivity contribution is -0.116. The van der Waals surface area contributed by atoms with Crippen LogP contribution >= 0.6 is 0 Å². The number of anilines is 1. The Morgan fingerprint density at radius 3 is 3.00 bits per heavy atom. The topological polar surface area (TPSA) is 66.9 Å². The van der Waals surface area contributed by atoms with Crippen LogP contribution in [-0.2, 0) is 4.79 Å². The number of carbonyl (C=O) groups excluding carboxylic acids is 1. The molecule has 1 amide bonds. The third-order valence-electron chi connectivity index (χ3n) is 2.19. The van der Waals surface area contributed by atoms with Crippen molar-refractivity contribution in [3.05, 3.63) is 18.6 Å². The number of hydrogen-bond donors (Lipinski definition) is 2. The molecule has 2 N–H and O–H groups in total. The van der Waals surface area contributed by atoms with E-state index in [-0.39, 0.29) is 5.91 Å². The normalized spacial score (nSPS) is 14.9. The SMILES string of the molecule is O=C(CCNC1CC1)Nc1cnccn1. The van der Waals surface area contributed by atoms with Gasteiger partial charge in [0.1, 0.15) is 0 Å². The van der Waals surface area contributed by atoms with Gasteiger partial charge >= 0.3 is 0 Å². The Morgan fingerprint density at radius 2 is 2.33 bits per heavy atom. The van der Waals surface area contributed by atoms with Gasteiger partial charge in [-0.3, -0.25) is 9.78 Å². The van der Waals surface area contributed by atoms with Gasteiger partial charge in [-0.25, -0.2) is 4.98 Å². The number of aromatic nitrogens is 2. The highest BCUT2D eigenvalue weighted by Gasteiger charge is 2.20. The van der Waals surface area contributed by atoms with Crippen molar-refractivity contribution in [1.82, 2.24) is 15.3 Å². The Labute approximate surface area is 88.3 Å². The van der Waals surface area contributed by atoms with Gasteiger partial charge in [-0.1, -0.05) is 0 Å². The van der Waals surface area contributed by atoms with E-state index in [1.807, 2.05) is 0 Å². The molecule has 0 bridgehead atoms. The molecule has 5 heteroatoms. The van der Waals surface area contributed by atoms with Crippen LogP contribution in [0.2, 0.25) is 0 Å². The molecule has 0 saturated heterocycles. The van der Waals surface area contributed by atoms with Crippen molar-refractivity contribution in [2.24, 2.45) is 0 Å². The first-order valence-corrected chi connectivity index (χ1v) is 5.14. The van der Waals surface area contributed by atoms with Crippen LogP contribution in [-0.4, -0.2) is 28.5 Å². The first-order valence-electron chi connectivity index (χ1n) is 5.14. The number of rotatable bonds is 5. The highest BCUT2D eigenvalue weighted by molar-refractivity contribution is 5.89. The van der Waals surface area contributed by atoms with E-state index in [9.17, 15) is 4.79 Å². The molecule has 1 aliphatic carbocycles. The molecule has 1 aromatic rings. The second-order valence-corrected chi connectivity index (χ2v) is 3.62. The molecule has 0 aromatic carbocycles. The minimum absolute atomic E-state index is 0.0244. The summed E-state index contributed by atoms with van der Waals surface area (Å²) < 4.78 is 0. The van der Waals surface area contributed by atoms with Gasteiger partial charge in [-0.15, -0.1) is 0 Å². The summed E-state index contributed by atoms with van der Waals surface area (Å²) in [4.78, 5) is 19.2. The van der Waals surface area contributed by atoms with Gasteiger partial charge in [0.2, 0.25) is 5.91 Å². The van der Waals surface area contributed by atoms with Crippen LogP contribution in [0.15, 0.2) is 18.6 Å². The fourth-order valence-electron chi connectivity index (χ4n) is 1.25. The van der Waals surface area contributed by atoms with Crippen LogP contribution in [0.5, 0.6) is 0 Å². The maximum Gasteiger partial charge on any atom is 0.226 e. The summed E-state index contributed by atoms with van der Waals surface area (Å²) in [5.74, 6) is 0.484. The highest BCUT2D eigenvalue weighted by atomic mass is 16.1. The summed E-state index contributed by atoms with van der Waals surface area (Å²) in [5.41, 5.74) is 0. The Morgan fingerprint density at radius 1 is 1.47 bits per heavy atom. The second-order valence-electron chi connectivity index (χ2n) is 3.62. The molecule has 1 aromatic heterocycles. The van der Waals surface area contributed by atoms with Crippen LogP contribution in [0.3, 0.4) is 0 Å². The summed E-state index contributed by atoms with van der Waals surface area (Å²) in [6.45, 7) is 0.733. The summed E-state index contributed by atoms with van der Waals surface area (Å²) in [5, 5.41) is 5.96. The maximum atomic E-state index is 11.4. The van der Waals surface area contributed by atoms with Gasteiger partial charge in [-0.05, 0) is 12.8 Å². The van der Waals surface area contributed by atoms with Gasteiger partial charge in [0, 0.05) is 31.4 Å². The molecule has 1 heterocycles. The molecule has 0 unspecified atom stereocenters. The van der Waals surface area contributed by atoms with Crippen LogP contribution in [0, 0.1) is 0 Å². The lowest BCUT2D eigenvalue weighted by Crippen LogP contribution is -2.23.